The first kappa shape index (κ1) is 23.3. The van der Waals surface area contributed by atoms with E-state index in [1.54, 1.807) is 42.3 Å². The molecule has 0 atom stereocenters. The summed E-state index contributed by atoms with van der Waals surface area (Å²) in [6.07, 6.45) is 1.55. The number of carbonyl (C=O) groups is 3. The van der Waals surface area contributed by atoms with E-state index < -0.39 is 17.9 Å². The van der Waals surface area contributed by atoms with Crippen LogP contribution in [0.5, 0.6) is 0 Å². The highest BCUT2D eigenvalue weighted by atomic mass is 32.2. The Labute approximate surface area is 189 Å². The van der Waals surface area contributed by atoms with Crippen LogP contribution in [-0.4, -0.2) is 57.1 Å². The molecule has 1 aliphatic rings. The fourth-order valence-electron chi connectivity index (χ4n) is 2.97. The summed E-state index contributed by atoms with van der Waals surface area (Å²) >= 11 is 1.37. The molecule has 168 valence electrons. The van der Waals surface area contributed by atoms with E-state index in [0.717, 1.165) is 4.90 Å². The molecule has 32 heavy (non-hydrogen) atoms. The van der Waals surface area contributed by atoms with E-state index >= 15 is 0 Å². The van der Waals surface area contributed by atoms with Gasteiger partial charge in [-0.05, 0) is 43.3 Å². The minimum absolute atomic E-state index is 0.0516. The molecular weight excluding hydrogens is 436 g/mol. The summed E-state index contributed by atoms with van der Waals surface area (Å²) in [6, 6.07) is 10.5. The van der Waals surface area contributed by atoms with Crippen molar-refractivity contribution in [2.75, 3.05) is 39.1 Å². The molecule has 0 N–H and O–H groups in total. The van der Waals surface area contributed by atoms with Gasteiger partial charge in [0.15, 0.2) is 0 Å². The molecule has 0 saturated heterocycles. The molecule has 1 aromatic carbocycles. The Bertz CT molecular complexity index is 1040. The van der Waals surface area contributed by atoms with Crippen LogP contribution in [0, 0.1) is 0 Å². The predicted molar refractivity (Wildman–Crippen MR) is 115 cm³/mol. The van der Waals surface area contributed by atoms with Crippen molar-refractivity contribution in [3.63, 3.8) is 0 Å². The van der Waals surface area contributed by atoms with Crippen LogP contribution in [0.1, 0.15) is 17.3 Å². The third kappa shape index (κ3) is 5.27. The standard InChI is InChI=1S/C22H22N2O7S/c1-4-31-20(25)14-9-10-23-18(11-14)32-16-7-5-15(6-8-16)24-13-30-12-17(21(26)28-2)19(24)22(27)29-3/h5-11H,4,12-13H2,1-3H3. The highest BCUT2D eigenvalue weighted by molar-refractivity contribution is 7.99. The number of aromatic nitrogens is 1. The number of hydrogen-bond acceptors (Lipinski definition) is 10. The highest BCUT2D eigenvalue weighted by Gasteiger charge is 2.32. The monoisotopic (exact) mass is 458 g/mol. The van der Waals surface area contributed by atoms with Crippen LogP contribution in [-0.2, 0) is 28.5 Å². The molecule has 0 radical (unpaired) electrons. The number of hydrogen-bond donors (Lipinski definition) is 0. The lowest BCUT2D eigenvalue weighted by molar-refractivity contribution is -0.140. The molecule has 1 aromatic heterocycles. The second-order valence-electron chi connectivity index (χ2n) is 6.42. The van der Waals surface area contributed by atoms with E-state index in [-0.39, 0.29) is 24.6 Å². The molecule has 3 rings (SSSR count). The molecule has 0 amide bonds. The second-order valence-corrected chi connectivity index (χ2v) is 7.51. The molecule has 0 aliphatic carbocycles. The van der Waals surface area contributed by atoms with Crippen LogP contribution < -0.4 is 4.90 Å². The molecule has 1 aliphatic heterocycles. The van der Waals surface area contributed by atoms with E-state index in [1.807, 2.05) is 12.1 Å². The number of benzene rings is 1. The third-order valence-electron chi connectivity index (χ3n) is 4.45. The van der Waals surface area contributed by atoms with Crippen LogP contribution in [0.2, 0.25) is 0 Å². The van der Waals surface area contributed by atoms with Crippen molar-refractivity contribution < 1.29 is 33.3 Å². The van der Waals surface area contributed by atoms with Gasteiger partial charge < -0.3 is 23.8 Å². The zero-order valence-corrected chi connectivity index (χ0v) is 18.6. The van der Waals surface area contributed by atoms with Gasteiger partial charge in [-0.2, -0.15) is 0 Å². The summed E-state index contributed by atoms with van der Waals surface area (Å²) in [5.74, 6) is -1.72. The fourth-order valence-corrected chi connectivity index (χ4v) is 3.78. The summed E-state index contributed by atoms with van der Waals surface area (Å²) in [6.45, 7) is 2.06. The van der Waals surface area contributed by atoms with Gasteiger partial charge in [-0.1, -0.05) is 11.8 Å². The number of pyridine rings is 1. The maximum atomic E-state index is 12.4. The van der Waals surface area contributed by atoms with Gasteiger partial charge in [0.1, 0.15) is 17.5 Å². The maximum absolute atomic E-state index is 12.4. The van der Waals surface area contributed by atoms with Gasteiger partial charge in [-0.3, -0.25) is 0 Å². The number of methoxy groups -OCH3 is 2. The minimum atomic E-state index is -0.660. The van der Waals surface area contributed by atoms with Crippen molar-refractivity contribution in [2.24, 2.45) is 0 Å². The van der Waals surface area contributed by atoms with Crippen LogP contribution in [0.3, 0.4) is 0 Å². The quantitative estimate of drug-likeness (QED) is 0.454. The molecule has 0 spiro atoms. The lowest BCUT2D eigenvalue weighted by atomic mass is 10.1. The topological polar surface area (TPSA) is 104 Å². The lowest BCUT2D eigenvalue weighted by Gasteiger charge is -2.31. The summed E-state index contributed by atoms with van der Waals surface area (Å²) in [5, 5.41) is 0.632. The van der Waals surface area contributed by atoms with Crippen molar-refractivity contribution >= 4 is 35.4 Å². The molecule has 0 fully saturated rings. The Morgan fingerprint density at radius 1 is 1.06 bits per heavy atom. The normalized spacial score (nSPS) is 13.5. The predicted octanol–water partition coefficient (Wildman–Crippen LogP) is 2.80. The molecule has 0 unspecified atom stereocenters. The molecular formula is C22H22N2O7S. The van der Waals surface area contributed by atoms with Gasteiger partial charge >= 0.3 is 17.9 Å². The van der Waals surface area contributed by atoms with Crippen molar-refractivity contribution in [3.05, 3.63) is 59.4 Å². The van der Waals surface area contributed by atoms with E-state index in [0.29, 0.717) is 22.9 Å². The fraction of sp³-hybridized carbons (Fsp3) is 0.273. The molecule has 10 heteroatoms. The Morgan fingerprint density at radius 2 is 1.78 bits per heavy atom. The van der Waals surface area contributed by atoms with Crippen molar-refractivity contribution in [1.82, 2.24) is 4.98 Å². The minimum Gasteiger partial charge on any atom is -0.466 e. The van der Waals surface area contributed by atoms with Gasteiger partial charge in [-0.25, -0.2) is 19.4 Å². The van der Waals surface area contributed by atoms with Crippen LogP contribution in [0.25, 0.3) is 0 Å². The second kappa shape index (κ2) is 10.8. The molecule has 9 nitrogen and oxygen atoms in total. The Morgan fingerprint density at radius 3 is 2.44 bits per heavy atom. The number of rotatable bonds is 7. The van der Waals surface area contributed by atoms with Crippen LogP contribution in [0.4, 0.5) is 5.69 Å². The number of nitrogens with zero attached hydrogens (tertiary/aromatic N) is 2. The SMILES string of the molecule is CCOC(=O)c1ccnc(Sc2ccc(N3COCC(C(=O)OC)=C3C(=O)OC)cc2)c1. The molecule has 2 heterocycles. The Balaban J connectivity index is 1.83. The number of esters is 3. The lowest BCUT2D eigenvalue weighted by Crippen LogP contribution is -2.38. The summed E-state index contributed by atoms with van der Waals surface area (Å²) in [4.78, 5) is 43.1. The average Bonchev–Trinajstić information content (AvgIpc) is 2.83. The van der Waals surface area contributed by atoms with E-state index in [9.17, 15) is 14.4 Å². The van der Waals surface area contributed by atoms with Gasteiger partial charge in [0.2, 0.25) is 0 Å². The van der Waals surface area contributed by atoms with Gasteiger partial charge in [-0.15, -0.1) is 0 Å². The Kier molecular flexibility index (Phi) is 7.85. The zero-order chi connectivity index (χ0) is 23.1. The summed E-state index contributed by atoms with van der Waals surface area (Å²) in [5.41, 5.74) is 1.22. The highest BCUT2D eigenvalue weighted by Crippen LogP contribution is 2.31. The molecule has 0 bridgehead atoms. The zero-order valence-electron chi connectivity index (χ0n) is 17.8. The van der Waals surface area contributed by atoms with Gasteiger partial charge in [0, 0.05) is 16.8 Å². The number of carbonyl (C=O) groups excluding carboxylic acids is 3. The van der Waals surface area contributed by atoms with E-state index in [4.69, 9.17) is 18.9 Å². The van der Waals surface area contributed by atoms with Crippen LogP contribution in [0.15, 0.2) is 63.8 Å². The van der Waals surface area contributed by atoms with Gasteiger partial charge in [0.25, 0.3) is 0 Å². The van der Waals surface area contributed by atoms with Crippen molar-refractivity contribution in [3.8, 4) is 0 Å². The third-order valence-corrected chi connectivity index (χ3v) is 5.39. The maximum Gasteiger partial charge on any atom is 0.355 e. The number of anilines is 1. The molecule has 0 saturated carbocycles. The first-order chi connectivity index (χ1) is 15.5. The summed E-state index contributed by atoms with van der Waals surface area (Å²) in [7, 11) is 2.48. The van der Waals surface area contributed by atoms with Gasteiger partial charge in [0.05, 0.1) is 38.6 Å². The first-order valence-corrected chi connectivity index (χ1v) is 10.5. The van der Waals surface area contributed by atoms with Crippen molar-refractivity contribution in [1.29, 1.82) is 0 Å². The van der Waals surface area contributed by atoms with E-state index in [2.05, 4.69) is 4.98 Å². The molecule has 2 aromatic rings. The smallest absolute Gasteiger partial charge is 0.355 e. The first-order valence-electron chi connectivity index (χ1n) is 9.64. The van der Waals surface area contributed by atoms with Crippen LogP contribution >= 0.6 is 11.8 Å². The number of ether oxygens (including phenoxy) is 4. The Hall–Kier alpha value is -3.37. The van der Waals surface area contributed by atoms with E-state index in [1.165, 1.54) is 26.0 Å². The average molecular weight is 458 g/mol. The van der Waals surface area contributed by atoms with Crippen molar-refractivity contribution in [2.45, 2.75) is 16.8 Å². The summed E-state index contributed by atoms with van der Waals surface area (Å²) < 4.78 is 20.1. The largest absolute Gasteiger partial charge is 0.466 e.